The number of hydrogen-bond donors (Lipinski definition) is 1. The number of thiophene rings is 1. The van der Waals surface area contributed by atoms with Gasteiger partial charge in [0.1, 0.15) is 18.5 Å². The van der Waals surface area contributed by atoms with E-state index < -0.39 is 6.10 Å². The van der Waals surface area contributed by atoms with E-state index in [9.17, 15) is 9.90 Å². The summed E-state index contributed by atoms with van der Waals surface area (Å²) in [5, 5.41) is 10.4. The molecule has 0 bridgehead atoms. The van der Waals surface area contributed by atoms with Crippen LogP contribution in [0.5, 0.6) is 5.75 Å². The number of β-amino-alcohol motifs (C(OH)–C–C–N with tert-alkyl or cyclic N) is 1. The zero-order chi connectivity index (χ0) is 19.9. The minimum Gasteiger partial charge on any atom is -0.491 e. The van der Waals surface area contributed by atoms with E-state index >= 15 is 0 Å². The number of aliphatic hydroxyl groups is 1. The predicted octanol–water partition coefficient (Wildman–Crippen LogP) is 2.98. The molecule has 1 fully saturated rings. The second-order valence-electron chi connectivity index (χ2n) is 7.07. The Bertz CT molecular complexity index is 797. The van der Waals surface area contributed by atoms with Crippen LogP contribution in [0.25, 0.3) is 0 Å². The fourth-order valence-electron chi connectivity index (χ4n) is 3.34. The smallest absolute Gasteiger partial charge is 0.264 e. The van der Waals surface area contributed by atoms with Crippen molar-refractivity contribution >= 4 is 17.2 Å². The molecule has 3 rings (SSSR count). The van der Waals surface area contributed by atoms with Crippen LogP contribution in [0, 0.1) is 6.92 Å². The summed E-state index contributed by atoms with van der Waals surface area (Å²) in [6, 6.07) is 11.7. The van der Waals surface area contributed by atoms with Gasteiger partial charge < -0.3 is 14.7 Å². The van der Waals surface area contributed by atoms with Crippen molar-refractivity contribution in [1.82, 2.24) is 9.80 Å². The molecule has 1 amide bonds. The molecule has 5 nitrogen and oxygen atoms in total. The van der Waals surface area contributed by atoms with Gasteiger partial charge in [0.15, 0.2) is 0 Å². The van der Waals surface area contributed by atoms with Crippen molar-refractivity contribution in [3.63, 3.8) is 0 Å². The van der Waals surface area contributed by atoms with Gasteiger partial charge in [-0.2, -0.15) is 0 Å². The normalized spacial score (nSPS) is 16.0. The van der Waals surface area contributed by atoms with E-state index in [4.69, 9.17) is 4.74 Å². The first kappa shape index (κ1) is 20.6. The van der Waals surface area contributed by atoms with Crippen LogP contribution < -0.4 is 4.74 Å². The molecule has 1 atom stereocenters. The lowest BCUT2D eigenvalue weighted by atomic mass is 10.1. The Morgan fingerprint density at radius 2 is 2.00 bits per heavy atom. The van der Waals surface area contributed by atoms with E-state index in [-0.39, 0.29) is 12.5 Å². The molecule has 28 heavy (non-hydrogen) atoms. The molecule has 2 heterocycles. The summed E-state index contributed by atoms with van der Waals surface area (Å²) < 4.78 is 5.82. The maximum absolute atomic E-state index is 12.5. The first-order valence-corrected chi connectivity index (χ1v) is 10.5. The summed E-state index contributed by atoms with van der Waals surface area (Å²) in [5.41, 5.74) is 1.07. The van der Waals surface area contributed by atoms with Crippen LogP contribution in [0.2, 0.25) is 0 Å². The van der Waals surface area contributed by atoms with Crippen LogP contribution in [0.3, 0.4) is 0 Å². The van der Waals surface area contributed by atoms with Crippen molar-refractivity contribution in [3.8, 4) is 5.75 Å². The van der Waals surface area contributed by atoms with Crippen LogP contribution >= 0.6 is 11.3 Å². The highest BCUT2D eigenvalue weighted by molar-refractivity contribution is 7.13. The second kappa shape index (κ2) is 9.87. The molecule has 1 N–H and O–H groups in total. The molecule has 0 aliphatic carbocycles. The van der Waals surface area contributed by atoms with Gasteiger partial charge in [-0.15, -0.1) is 17.9 Å². The van der Waals surface area contributed by atoms with Gasteiger partial charge in [-0.1, -0.05) is 24.3 Å². The fraction of sp³-hybridized carbons (Fsp3) is 0.409. The molecule has 1 aromatic carbocycles. The Hall–Kier alpha value is -2.15. The molecular weight excluding hydrogens is 372 g/mol. The Balaban J connectivity index is 1.43. The number of aliphatic hydroxyl groups excluding tert-OH is 1. The number of aryl methyl sites for hydroxylation is 1. The number of allylic oxidation sites excluding steroid dienone is 1. The lowest BCUT2D eigenvalue weighted by Gasteiger charge is -2.35. The van der Waals surface area contributed by atoms with Crippen LogP contribution in [-0.2, 0) is 6.42 Å². The maximum Gasteiger partial charge on any atom is 0.264 e. The Kier molecular flexibility index (Phi) is 7.25. The molecule has 2 aromatic rings. The molecule has 1 aromatic heterocycles. The SMILES string of the molecule is C=CCc1ccccc1OCC(O)CN1CCN(C(=O)c2ccc(C)s2)CC1. The average molecular weight is 401 g/mol. The van der Waals surface area contributed by atoms with Crippen LogP contribution in [0.4, 0.5) is 0 Å². The Labute approximate surface area is 170 Å². The number of amides is 1. The van der Waals surface area contributed by atoms with Crippen LogP contribution in [0.1, 0.15) is 20.1 Å². The van der Waals surface area contributed by atoms with Crippen molar-refractivity contribution in [2.75, 3.05) is 39.3 Å². The maximum atomic E-state index is 12.5. The number of ether oxygens (including phenoxy) is 1. The Morgan fingerprint density at radius 3 is 2.68 bits per heavy atom. The van der Waals surface area contributed by atoms with Crippen molar-refractivity contribution < 1.29 is 14.6 Å². The van der Waals surface area contributed by atoms with E-state index in [1.165, 1.54) is 0 Å². The first-order chi connectivity index (χ1) is 13.6. The summed E-state index contributed by atoms with van der Waals surface area (Å²) in [4.78, 5) is 18.6. The van der Waals surface area contributed by atoms with Crippen molar-refractivity contribution in [3.05, 3.63) is 64.4 Å². The van der Waals surface area contributed by atoms with E-state index in [2.05, 4.69) is 11.5 Å². The number of piperazine rings is 1. The predicted molar refractivity (Wildman–Crippen MR) is 113 cm³/mol. The highest BCUT2D eigenvalue weighted by Crippen LogP contribution is 2.20. The minimum atomic E-state index is -0.570. The largest absolute Gasteiger partial charge is 0.491 e. The van der Waals surface area contributed by atoms with E-state index in [1.54, 1.807) is 11.3 Å². The third-order valence-corrected chi connectivity index (χ3v) is 5.84. The highest BCUT2D eigenvalue weighted by Gasteiger charge is 2.24. The van der Waals surface area contributed by atoms with Gasteiger partial charge in [0.05, 0.1) is 4.88 Å². The molecule has 1 aliphatic rings. The number of hydrogen-bond acceptors (Lipinski definition) is 5. The fourth-order valence-corrected chi connectivity index (χ4v) is 4.18. The number of carbonyl (C=O) groups excluding carboxylic acids is 1. The molecule has 0 radical (unpaired) electrons. The van der Waals surface area contributed by atoms with Gasteiger partial charge >= 0.3 is 0 Å². The van der Waals surface area contributed by atoms with E-state index in [1.807, 2.05) is 54.3 Å². The molecule has 1 aliphatic heterocycles. The summed E-state index contributed by atoms with van der Waals surface area (Å²) in [6.45, 7) is 9.48. The standard InChI is InChI=1S/C22H28N2O3S/c1-3-6-18-7-4-5-8-20(18)27-16-19(25)15-23-11-13-24(14-12-23)22(26)21-10-9-17(2)28-21/h3-5,7-10,19,25H,1,6,11-16H2,2H3. The van der Waals surface area contributed by atoms with Crippen molar-refractivity contribution in [2.24, 2.45) is 0 Å². The van der Waals surface area contributed by atoms with Crippen molar-refractivity contribution in [2.45, 2.75) is 19.4 Å². The molecule has 1 saturated heterocycles. The summed E-state index contributed by atoms with van der Waals surface area (Å²) >= 11 is 1.54. The quantitative estimate of drug-likeness (QED) is 0.692. The number of para-hydroxylation sites is 1. The van der Waals surface area contributed by atoms with Gasteiger partial charge in [0, 0.05) is 37.6 Å². The molecular formula is C22H28N2O3S. The average Bonchev–Trinajstić information content (AvgIpc) is 3.14. The van der Waals surface area contributed by atoms with E-state index in [0.717, 1.165) is 40.6 Å². The van der Waals surface area contributed by atoms with E-state index in [0.29, 0.717) is 19.6 Å². The van der Waals surface area contributed by atoms with Crippen LogP contribution in [-0.4, -0.2) is 66.2 Å². The highest BCUT2D eigenvalue weighted by atomic mass is 32.1. The van der Waals surface area contributed by atoms with Gasteiger partial charge in [-0.05, 0) is 37.1 Å². The number of nitrogens with zero attached hydrogens (tertiary/aromatic N) is 2. The van der Waals surface area contributed by atoms with Gasteiger partial charge in [-0.25, -0.2) is 0 Å². The molecule has 1 unspecified atom stereocenters. The third-order valence-electron chi connectivity index (χ3n) is 4.85. The third kappa shape index (κ3) is 5.44. The number of rotatable bonds is 8. The molecule has 0 saturated carbocycles. The molecule has 150 valence electrons. The molecule has 6 heteroatoms. The second-order valence-corrected chi connectivity index (χ2v) is 8.36. The first-order valence-electron chi connectivity index (χ1n) is 9.64. The van der Waals surface area contributed by atoms with Crippen LogP contribution in [0.15, 0.2) is 49.1 Å². The lowest BCUT2D eigenvalue weighted by Crippen LogP contribution is -2.50. The monoisotopic (exact) mass is 400 g/mol. The molecule has 0 spiro atoms. The Morgan fingerprint density at radius 1 is 1.25 bits per heavy atom. The summed E-state index contributed by atoms with van der Waals surface area (Å²) in [5.74, 6) is 0.906. The lowest BCUT2D eigenvalue weighted by molar-refractivity contribution is 0.0404. The minimum absolute atomic E-state index is 0.112. The van der Waals surface area contributed by atoms with Gasteiger partial charge in [0.25, 0.3) is 5.91 Å². The number of benzene rings is 1. The number of carbonyl (C=O) groups is 1. The summed E-state index contributed by atoms with van der Waals surface area (Å²) in [6.07, 6.45) is 2.02. The van der Waals surface area contributed by atoms with Crippen molar-refractivity contribution in [1.29, 1.82) is 0 Å². The zero-order valence-corrected chi connectivity index (χ0v) is 17.2. The van der Waals surface area contributed by atoms with Gasteiger partial charge in [-0.3, -0.25) is 9.69 Å². The summed E-state index contributed by atoms with van der Waals surface area (Å²) in [7, 11) is 0. The zero-order valence-electron chi connectivity index (χ0n) is 16.3. The van der Waals surface area contributed by atoms with Gasteiger partial charge in [0.2, 0.25) is 0 Å². The topological polar surface area (TPSA) is 53.0 Å².